The fourth-order valence-electron chi connectivity index (χ4n) is 3.25. The minimum Gasteiger partial charge on any atom is -0.656 e. The number of rotatable bonds is 2. The van der Waals surface area contributed by atoms with Crippen LogP contribution in [0.25, 0.3) is 44.5 Å². The first-order valence-electron chi connectivity index (χ1n) is 8.35. The maximum atomic E-state index is 4.84. The van der Waals surface area contributed by atoms with Crippen molar-refractivity contribution in [1.29, 1.82) is 0 Å². The molecular weight excluding hydrogens is 448 g/mol. The van der Waals surface area contributed by atoms with Gasteiger partial charge in [-0.3, -0.25) is 4.98 Å². The van der Waals surface area contributed by atoms with Crippen molar-refractivity contribution in [2.24, 2.45) is 0 Å². The molecule has 0 radical (unpaired) electrons. The molecule has 0 aliphatic rings. The second-order valence-corrected chi connectivity index (χ2v) is 5.95. The first-order valence-corrected chi connectivity index (χ1v) is 10.4. The van der Waals surface area contributed by atoms with Crippen LogP contribution in [0.4, 0.5) is 0 Å². The van der Waals surface area contributed by atoms with Gasteiger partial charge >= 0.3 is 27.7 Å². The van der Waals surface area contributed by atoms with Crippen LogP contribution in [-0.4, -0.2) is 9.97 Å². The Morgan fingerprint density at radius 2 is 1.37 bits per heavy atom. The molecule has 0 saturated heterocycles. The molecule has 27 heavy (non-hydrogen) atoms. The van der Waals surface area contributed by atoms with E-state index in [4.69, 9.17) is 9.97 Å². The number of hydrogen-bond donors (Lipinski definition) is 0. The van der Waals surface area contributed by atoms with Crippen LogP contribution in [0.3, 0.4) is 0 Å². The fraction of sp³-hybridized carbons (Fsp3) is 0. The van der Waals surface area contributed by atoms with Crippen molar-refractivity contribution >= 4 is 31.3 Å². The molecular formula is C22H14ClN3Pd. The second kappa shape index (κ2) is 8.02. The largest absolute Gasteiger partial charge is 0.656 e. The van der Waals surface area contributed by atoms with Gasteiger partial charge in [0.2, 0.25) is 0 Å². The molecule has 2 aromatic carbocycles. The number of fused-ring (bicyclic) bond motifs is 3. The minimum absolute atomic E-state index is 0.867. The van der Waals surface area contributed by atoms with Gasteiger partial charge in [0.1, 0.15) is 0 Å². The predicted octanol–water partition coefficient (Wildman–Crippen LogP) is 5.76. The molecule has 3 aromatic heterocycles. The summed E-state index contributed by atoms with van der Waals surface area (Å²) >= 11 is 2.22. The van der Waals surface area contributed by atoms with E-state index >= 15 is 0 Å². The van der Waals surface area contributed by atoms with Gasteiger partial charge in [-0.05, 0) is 40.6 Å². The van der Waals surface area contributed by atoms with Crippen LogP contribution in [0.1, 0.15) is 0 Å². The van der Waals surface area contributed by atoms with Crippen molar-refractivity contribution in [3.05, 3.63) is 85.1 Å². The normalized spacial score (nSPS) is 10.6. The van der Waals surface area contributed by atoms with Gasteiger partial charge in [0.05, 0.1) is 17.1 Å². The molecule has 3 nitrogen and oxygen atoms in total. The van der Waals surface area contributed by atoms with Gasteiger partial charge < -0.3 is 4.98 Å². The van der Waals surface area contributed by atoms with Crippen molar-refractivity contribution in [1.82, 2.24) is 15.0 Å². The van der Waals surface area contributed by atoms with Gasteiger partial charge in [-0.1, -0.05) is 54.6 Å². The van der Waals surface area contributed by atoms with E-state index < -0.39 is 0 Å². The van der Waals surface area contributed by atoms with Gasteiger partial charge in [0.25, 0.3) is 0 Å². The average Bonchev–Trinajstić information content (AvgIpc) is 3.15. The predicted molar refractivity (Wildman–Crippen MR) is 107 cm³/mol. The van der Waals surface area contributed by atoms with Crippen molar-refractivity contribution in [3.8, 4) is 22.6 Å². The zero-order valence-electron chi connectivity index (χ0n) is 14.1. The summed E-state index contributed by atoms with van der Waals surface area (Å²) in [7, 11) is 4.49. The van der Waals surface area contributed by atoms with Crippen molar-refractivity contribution in [3.63, 3.8) is 0 Å². The van der Waals surface area contributed by atoms with Gasteiger partial charge in [-0.2, -0.15) is 0 Å². The Hall–Kier alpha value is -2.51. The summed E-state index contributed by atoms with van der Waals surface area (Å²) in [5.41, 5.74) is 5.71. The molecule has 0 amide bonds. The Balaban J connectivity index is 0.000000872. The molecule has 0 spiro atoms. The van der Waals surface area contributed by atoms with E-state index in [1.54, 1.807) is 6.20 Å². The zero-order chi connectivity index (χ0) is 18.6. The first-order chi connectivity index (χ1) is 13.4. The van der Waals surface area contributed by atoms with Crippen molar-refractivity contribution in [2.45, 2.75) is 0 Å². The molecule has 5 heteroatoms. The molecule has 0 atom stereocenters. The van der Waals surface area contributed by atoms with E-state index in [9.17, 15) is 0 Å². The smallest absolute Gasteiger partial charge is 0.0893 e. The van der Waals surface area contributed by atoms with Crippen molar-refractivity contribution < 1.29 is 18.2 Å². The van der Waals surface area contributed by atoms with Gasteiger partial charge in [-0.25, -0.2) is 4.98 Å². The maximum absolute atomic E-state index is 4.84. The number of para-hydroxylation sites is 2. The molecule has 3 heterocycles. The van der Waals surface area contributed by atoms with Crippen LogP contribution < -0.4 is 4.98 Å². The number of nitrogens with zero attached hydrogens (tertiary/aromatic N) is 3. The average molecular weight is 462 g/mol. The Kier molecular flexibility index (Phi) is 5.31. The molecule has 134 valence electrons. The molecule has 5 rings (SSSR count). The quantitative estimate of drug-likeness (QED) is 0.313. The Bertz CT molecular complexity index is 1200. The van der Waals surface area contributed by atoms with E-state index in [0.29, 0.717) is 0 Å². The summed E-state index contributed by atoms with van der Waals surface area (Å²) in [6, 6.07) is 26.4. The van der Waals surface area contributed by atoms with Gasteiger partial charge in [0, 0.05) is 6.20 Å². The van der Waals surface area contributed by atoms with E-state index in [1.807, 2.05) is 42.5 Å². The zero-order valence-corrected chi connectivity index (χ0v) is 16.4. The van der Waals surface area contributed by atoms with Crippen LogP contribution in [0.5, 0.6) is 0 Å². The molecule has 0 N–H and O–H groups in total. The number of halogens is 1. The number of benzene rings is 2. The Morgan fingerprint density at radius 3 is 2.22 bits per heavy atom. The van der Waals surface area contributed by atoms with Crippen LogP contribution >= 0.6 is 9.53 Å². The number of aromatic nitrogens is 3. The van der Waals surface area contributed by atoms with Gasteiger partial charge in [0.15, 0.2) is 0 Å². The van der Waals surface area contributed by atoms with Crippen molar-refractivity contribution in [2.75, 3.05) is 0 Å². The monoisotopic (exact) mass is 461 g/mol. The third kappa shape index (κ3) is 3.40. The molecule has 0 aliphatic carbocycles. The van der Waals surface area contributed by atoms with E-state index in [-0.39, 0.29) is 0 Å². The standard InChI is InChI=1S/C22H14N3.ClH.Pd/c1-2-10-18-15(7-1)16-8-5-9-17(22(16)25-18)19-12-6-13-21(24-19)20-11-3-4-14-23-20;;/h1-14H;1H;/q-1;;+2/p-1. The summed E-state index contributed by atoms with van der Waals surface area (Å²) in [6.07, 6.45) is 1.79. The van der Waals surface area contributed by atoms with E-state index in [0.717, 1.165) is 39.1 Å². The molecule has 5 aromatic rings. The third-order valence-corrected chi connectivity index (χ3v) is 4.41. The topological polar surface area (TPSA) is 39.9 Å². The second-order valence-electron chi connectivity index (χ2n) is 5.95. The molecule has 0 unspecified atom stereocenters. The summed E-state index contributed by atoms with van der Waals surface area (Å²) < 4.78 is 0. The molecule has 0 aliphatic heterocycles. The Labute approximate surface area is 171 Å². The summed E-state index contributed by atoms with van der Waals surface area (Å²) in [5.74, 6) is 0. The van der Waals surface area contributed by atoms with Gasteiger partial charge in [-0.15, -0.1) is 11.0 Å². The summed E-state index contributed by atoms with van der Waals surface area (Å²) in [4.78, 5) is 14.1. The van der Waals surface area contributed by atoms with Crippen LogP contribution in [-0.2, 0) is 18.2 Å². The molecule has 0 saturated carbocycles. The number of hydrogen-bond acceptors (Lipinski definition) is 2. The van der Waals surface area contributed by atoms with Crippen LogP contribution in [0, 0.1) is 0 Å². The minimum atomic E-state index is 0.867. The van der Waals surface area contributed by atoms with E-state index in [1.165, 1.54) is 5.39 Å². The van der Waals surface area contributed by atoms with Crippen LogP contribution in [0.15, 0.2) is 85.1 Å². The Morgan fingerprint density at radius 1 is 0.667 bits per heavy atom. The summed E-state index contributed by atoms with van der Waals surface area (Å²) in [6.45, 7) is 0. The van der Waals surface area contributed by atoms with E-state index in [2.05, 4.69) is 69.1 Å². The summed E-state index contributed by atoms with van der Waals surface area (Å²) in [5, 5.41) is 2.35. The SMILES string of the molecule is [Cl][Pd+].c1ccc(-c2cccc(-c3cccc4c3[n-]c3ccccc34)n2)nc1. The molecule has 0 bridgehead atoms. The third-order valence-electron chi connectivity index (χ3n) is 4.41. The van der Waals surface area contributed by atoms with Crippen LogP contribution in [0.2, 0.25) is 0 Å². The first kappa shape index (κ1) is 17.9. The maximum Gasteiger partial charge on any atom is 0.0893 e. The fourth-order valence-corrected chi connectivity index (χ4v) is 3.25. The number of pyridine rings is 2. The molecule has 0 fully saturated rings.